The highest BCUT2D eigenvalue weighted by Crippen LogP contribution is 2.22. The van der Waals surface area contributed by atoms with E-state index in [1.54, 1.807) is 30.5 Å². The first kappa shape index (κ1) is 15.5. The Bertz CT molecular complexity index is 861. The second-order valence-corrected chi connectivity index (χ2v) is 5.58. The van der Waals surface area contributed by atoms with Crippen molar-refractivity contribution < 1.29 is 4.79 Å². The van der Waals surface area contributed by atoms with Gasteiger partial charge in [-0.25, -0.2) is 0 Å². The lowest BCUT2D eigenvalue weighted by Gasteiger charge is -2.09. The number of aromatic nitrogens is 4. The van der Waals surface area contributed by atoms with Gasteiger partial charge < -0.3 is 5.32 Å². The monoisotopic (exact) mass is 347 g/mol. The predicted molar refractivity (Wildman–Crippen MR) is 88.3 cm³/mol. The smallest absolute Gasteiger partial charge is 0.258 e. The molecule has 2 aromatic heterocycles. The van der Waals surface area contributed by atoms with E-state index in [0.717, 1.165) is 5.69 Å². The molecular weight excluding hydrogens is 337 g/mol. The molecule has 8 heteroatoms. The van der Waals surface area contributed by atoms with Crippen molar-refractivity contribution in [3.05, 3.63) is 63.9 Å². The van der Waals surface area contributed by atoms with Crippen LogP contribution in [0.1, 0.15) is 16.1 Å². The number of carbonyl (C=O) groups is 1. The molecule has 23 heavy (non-hydrogen) atoms. The highest BCUT2D eigenvalue weighted by Gasteiger charge is 2.14. The Morgan fingerprint density at radius 2 is 1.96 bits per heavy atom. The van der Waals surface area contributed by atoms with Crippen LogP contribution in [0, 0.1) is 6.92 Å². The fourth-order valence-corrected chi connectivity index (χ4v) is 2.44. The molecule has 0 spiro atoms. The molecule has 0 saturated carbocycles. The summed E-state index contributed by atoms with van der Waals surface area (Å²) in [6.07, 6.45) is 1.56. The molecular formula is C15H11Cl2N5O. The third kappa shape index (κ3) is 3.33. The Labute approximate surface area is 142 Å². The van der Waals surface area contributed by atoms with Gasteiger partial charge >= 0.3 is 0 Å². The highest BCUT2D eigenvalue weighted by molar-refractivity contribution is 6.37. The molecule has 0 aliphatic heterocycles. The number of benzene rings is 1. The Morgan fingerprint density at radius 3 is 2.65 bits per heavy atom. The summed E-state index contributed by atoms with van der Waals surface area (Å²) in [5, 5.41) is 15.7. The maximum Gasteiger partial charge on any atom is 0.258 e. The lowest BCUT2D eigenvalue weighted by molar-refractivity contribution is 0.102. The molecule has 116 valence electrons. The maximum atomic E-state index is 12.4. The molecule has 3 rings (SSSR count). The molecule has 1 amide bonds. The van der Waals surface area contributed by atoms with Gasteiger partial charge in [-0.15, -0.1) is 5.10 Å². The number of hydrogen-bond donors (Lipinski definition) is 1. The maximum absolute atomic E-state index is 12.4. The SMILES string of the molecule is Cc1ccc(-n2nccc2NC(=O)c2ccc(Cl)cc2Cl)nn1. The second-order valence-electron chi connectivity index (χ2n) is 4.74. The molecule has 6 nitrogen and oxygen atoms in total. The van der Waals surface area contributed by atoms with Gasteiger partial charge in [0.2, 0.25) is 0 Å². The molecule has 0 aliphatic rings. The molecule has 0 atom stereocenters. The van der Waals surface area contributed by atoms with E-state index in [0.29, 0.717) is 22.2 Å². The third-order valence-electron chi connectivity index (χ3n) is 3.06. The molecule has 0 unspecified atom stereocenters. The van der Waals surface area contributed by atoms with Crippen LogP contribution in [-0.4, -0.2) is 25.9 Å². The summed E-state index contributed by atoms with van der Waals surface area (Å²) in [5.41, 5.74) is 1.11. The van der Waals surface area contributed by atoms with Crippen molar-refractivity contribution in [2.45, 2.75) is 6.92 Å². The van der Waals surface area contributed by atoms with Crippen molar-refractivity contribution in [3.63, 3.8) is 0 Å². The van der Waals surface area contributed by atoms with E-state index in [4.69, 9.17) is 23.2 Å². The molecule has 1 N–H and O–H groups in total. The van der Waals surface area contributed by atoms with Crippen molar-refractivity contribution >= 4 is 34.9 Å². The first-order chi connectivity index (χ1) is 11.0. The van der Waals surface area contributed by atoms with Crippen LogP contribution in [0.3, 0.4) is 0 Å². The van der Waals surface area contributed by atoms with Crippen molar-refractivity contribution in [1.82, 2.24) is 20.0 Å². The molecule has 0 fully saturated rings. The number of anilines is 1. The quantitative estimate of drug-likeness (QED) is 0.786. The van der Waals surface area contributed by atoms with E-state index < -0.39 is 0 Å². The van der Waals surface area contributed by atoms with Crippen molar-refractivity contribution in [3.8, 4) is 5.82 Å². The number of halogens is 2. The summed E-state index contributed by atoms with van der Waals surface area (Å²) in [6, 6.07) is 9.91. The van der Waals surface area contributed by atoms with Crippen LogP contribution in [0.4, 0.5) is 5.82 Å². The van der Waals surface area contributed by atoms with Crippen LogP contribution in [-0.2, 0) is 0 Å². The van der Waals surface area contributed by atoms with Gasteiger partial charge in [-0.05, 0) is 37.3 Å². The fraction of sp³-hybridized carbons (Fsp3) is 0.0667. The van der Waals surface area contributed by atoms with Crippen LogP contribution in [0.25, 0.3) is 5.82 Å². The average Bonchev–Trinajstić information content (AvgIpc) is 2.96. The summed E-state index contributed by atoms with van der Waals surface area (Å²) in [7, 11) is 0. The summed E-state index contributed by atoms with van der Waals surface area (Å²) >= 11 is 11.9. The van der Waals surface area contributed by atoms with E-state index in [1.807, 2.05) is 13.0 Å². The highest BCUT2D eigenvalue weighted by atomic mass is 35.5. The lowest BCUT2D eigenvalue weighted by atomic mass is 10.2. The Kier molecular flexibility index (Phi) is 4.27. The predicted octanol–water partition coefficient (Wildman–Crippen LogP) is 3.53. The standard InChI is InChI=1S/C15H11Cl2N5O/c1-9-2-5-14(21-20-9)22-13(6-7-18-22)19-15(23)11-4-3-10(16)8-12(11)17/h2-8H,1H3,(H,19,23). The topological polar surface area (TPSA) is 72.7 Å². The molecule has 2 heterocycles. The van der Waals surface area contributed by atoms with Gasteiger partial charge in [0.15, 0.2) is 5.82 Å². The number of rotatable bonds is 3. The second kappa shape index (κ2) is 6.36. The first-order valence-electron chi connectivity index (χ1n) is 6.66. The van der Waals surface area contributed by atoms with Gasteiger partial charge in [0.1, 0.15) is 5.82 Å². The molecule has 0 bridgehead atoms. The largest absolute Gasteiger partial charge is 0.306 e. The van der Waals surface area contributed by atoms with Gasteiger partial charge in [-0.3, -0.25) is 4.79 Å². The van der Waals surface area contributed by atoms with E-state index in [9.17, 15) is 4.79 Å². The Hall–Kier alpha value is -2.44. The minimum atomic E-state index is -0.367. The number of carbonyl (C=O) groups excluding carboxylic acids is 1. The Balaban J connectivity index is 1.88. The fourth-order valence-electron chi connectivity index (χ4n) is 1.94. The number of hydrogen-bond acceptors (Lipinski definition) is 4. The normalized spacial score (nSPS) is 10.6. The Morgan fingerprint density at radius 1 is 1.13 bits per heavy atom. The van der Waals surface area contributed by atoms with Crippen molar-refractivity contribution in [2.75, 3.05) is 5.32 Å². The summed E-state index contributed by atoms with van der Waals surface area (Å²) in [5.74, 6) is 0.589. The lowest BCUT2D eigenvalue weighted by Crippen LogP contribution is -2.16. The molecule has 1 aromatic carbocycles. The number of nitrogens with zero attached hydrogens (tertiary/aromatic N) is 4. The summed E-state index contributed by atoms with van der Waals surface area (Å²) < 4.78 is 1.48. The van der Waals surface area contributed by atoms with Crippen molar-refractivity contribution in [1.29, 1.82) is 0 Å². The molecule has 0 aliphatic carbocycles. The van der Waals surface area contributed by atoms with E-state index in [2.05, 4.69) is 20.6 Å². The van der Waals surface area contributed by atoms with Crippen LogP contribution in [0.2, 0.25) is 10.0 Å². The molecule has 0 saturated heterocycles. The average molecular weight is 348 g/mol. The van der Waals surface area contributed by atoms with Gasteiger partial charge in [-0.1, -0.05) is 23.2 Å². The van der Waals surface area contributed by atoms with Crippen LogP contribution >= 0.6 is 23.2 Å². The molecule has 0 radical (unpaired) electrons. The zero-order valence-electron chi connectivity index (χ0n) is 12.0. The zero-order chi connectivity index (χ0) is 16.4. The number of nitrogens with one attached hydrogen (secondary N) is 1. The van der Waals surface area contributed by atoms with Crippen molar-refractivity contribution in [2.24, 2.45) is 0 Å². The van der Waals surface area contributed by atoms with E-state index in [1.165, 1.54) is 10.7 Å². The van der Waals surface area contributed by atoms with Crippen LogP contribution < -0.4 is 5.32 Å². The molecule has 3 aromatic rings. The number of aryl methyl sites for hydroxylation is 1. The zero-order valence-corrected chi connectivity index (χ0v) is 13.5. The first-order valence-corrected chi connectivity index (χ1v) is 7.41. The van der Waals surface area contributed by atoms with Gasteiger partial charge in [-0.2, -0.15) is 14.9 Å². The van der Waals surface area contributed by atoms with E-state index in [-0.39, 0.29) is 10.9 Å². The van der Waals surface area contributed by atoms with Crippen LogP contribution in [0.5, 0.6) is 0 Å². The summed E-state index contributed by atoms with van der Waals surface area (Å²) in [6.45, 7) is 1.84. The number of amides is 1. The van der Waals surface area contributed by atoms with Gasteiger partial charge in [0.05, 0.1) is 22.5 Å². The third-order valence-corrected chi connectivity index (χ3v) is 3.61. The minimum absolute atomic E-state index is 0.274. The van der Waals surface area contributed by atoms with Gasteiger partial charge in [0, 0.05) is 11.1 Å². The van der Waals surface area contributed by atoms with Gasteiger partial charge in [0.25, 0.3) is 5.91 Å². The van der Waals surface area contributed by atoms with E-state index >= 15 is 0 Å². The minimum Gasteiger partial charge on any atom is -0.306 e. The summed E-state index contributed by atoms with van der Waals surface area (Å²) in [4.78, 5) is 12.4. The van der Waals surface area contributed by atoms with Crippen LogP contribution in [0.15, 0.2) is 42.6 Å².